The molecule has 20 heavy (non-hydrogen) atoms. The van der Waals surface area contributed by atoms with E-state index < -0.39 is 12.4 Å². The third kappa shape index (κ3) is 2.83. The first-order chi connectivity index (χ1) is 9.67. The molecule has 1 aromatic carbocycles. The van der Waals surface area contributed by atoms with Gasteiger partial charge in [0.25, 0.3) is 0 Å². The van der Waals surface area contributed by atoms with E-state index in [4.69, 9.17) is 9.47 Å². The average molecular weight is 282 g/mol. The maximum Gasteiger partial charge on any atom is 0.387 e. The molecule has 1 aliphatic heterocycles. The van der Waals surface area contributed by atoms with Crippen molar-refractivity contribution in [3.8, 4) is 5.75 Å². The zero-order valence-corrected chi connectivity index (χ0v) is 11.0. The molecule has 5 heteroatoms. The van der Waals surface area contributed by atoms with Crippen molar-refractivity contribution < 1.29 is 23.0 Å². The third-order valence-electron chi connectivity index (χ3n) is 3.70. The molecule has 0 radical (unpaired) electrons. The Hall–Kier alpha value is -1.46. The van der Waals surface area contributed by atoms with E-state index in [0.717, 1.165) is 24.8 Å². The number of hydrogen-bond donors (Lipinski definition) is 0. The van der Waals surface area contributed by atoms with Gasteiger partial charge in [-0.3, -0.25) is 0 Å². The molecule has 0 bridgehead atoms. The highest BCUT2D eigenvalue weighted by atomic mass is 19.3. The van der Waals surface area contributed by atoms with Crippen molar-refractivity contribution >= 4 is 5.57 Å². The molecule has 108 valence electrons. The van der Waals surface area contributed by atoms with Gasteiger partial charge in [0.15, 0.2) is 5.79 Å². The standard InChI is InChI=1S/C15H16F2O3/c16-14(17)20-13-3-1-11(2-4-13)12-5-7-15(8-6-12)18-9-10-19-15/h1-5,14H,6-10H2. The lowest BCUT2D eigenvalue weighted by Crippen LogP contribution is -2.31. The monoisotopic (exact) mass is 282 g/mol. The predicted molar refractivity (Wildman–Crippen MR) is 69.5 cm³/mol. The minimum Gasteiger partial charge on any atom is -0.435 e. The lowest BCUT2D eigenvalue weighted by Gasteiger charge is -2.30. The maximum absolute atomic E-state index is 12.1. The first-order valence-electron chi connectivity index (χ1n) is 6.69. The van der Waals surface area contributed by atoms with Gasteiger partial charge in [0, 0.05) is 12.8 Å². The minimum absolute atomic E-state index is 0.180. The first kappa shape index (κ1) is 13.5. The van der Waals surface area contributed by atoms with Crippen LogP contribution in [0.3, 0.4) is 0 Å². The summed E-state index contributed by atoms with van der Waals surface area (Å²) in [5, 5.41) is 0. The van der Waals surface area contributed by atoms with Crippen molar-refractivity contribution in [1.82, 2.24) is 0 Å². The van der Waals surface area contributed by atoms with E-state index in [1.807, 2.05) is 0 Å². The summed E-state index contributed by atoms with van der Waals surface area (Å²) < 4.78 is 39.8. The van der Waals surface area contributed by atoms with Crippen molar-refractivity contribution in [3.63, 3.8) is 0 Å². The molecular weight excluding hydrogens is 266 g/mol. The summed E-state index contributed by atoms with van der Waals surface area (Å²) in [5.74, 6) is -0.249. The van der Waals surface area contributed by atoms with Crippen LogP contribution in [0.15, 0.2) is 30.3 Å². The summed E-state index contributed by atoms with van der Waals surface area (Å²) in [5.41, 5.74) is 2.22. The zero-order chi connectivity index (χ0) is 14.0. The summed E-state index contributed by atoms with van der Waals surface area (Å²) >= 11 is 0. The number of benzene rings is 1. The van der Waals surface area contributed by atoms with Gasteiger partial charge in [0.1, 0.15) is 5.75 Å². The van der Waals surface area contributed by atoms with Gasteiger partial charge in [0.2, 0.25) is 0 Å². The summed E-state index contributed by atoms with van der Waals surface area (Å²) in [4.78, 5) is 0. The molecule has 1 heterocycles. The highest BCUT2D eigenvalue weighted by Crippen LogP contribution is 2.38. The quantitative estimate of drug-likeness (QED) is 0.847. The molecule has 1 spiro atoms. The fraction of sp³-hybridized carbons (Fsp3) is 0.467. The summed E-state index contributed by atoms with van der Waals surface area (Å²) in [6.07, 6.45) is 4.53. The molecular formula is C15H16F2O3. The van der Waals surface area contributed by atoms with Crippen LogP contribution in [0.1, 0.15) is 24.8 Å². The van der Waals surface area contributed by atoms with Gasteiger partial charge >= 0.3 is 6.61 Å². The van der Waals surface area contributed by atoms with Crippen molar-refractivity contribution in [2.45, 2.75) is 31.7 Å². The van der Waals surface area contributed by atoms with E-state index in [2.05, 4.69) is 10.8 Å². The molecule has 1 aromatic rings. The number of hydrogen-bond acceptors (Lipinski definition) is 3. The number of alkyl halides is 2. The van der Waals surface area contributed by atoms with Crippen molar-refractivity contribution in [1.29, 1.82) is 0 Å². The fourth-order valence-electron chi connectivity index (χ4n) is 2.68. The summed E-state index contributed by atoms with van der Waals surface area (Å²) in [7, 11) is 0. The van der Waals surface area contributed by atoms with Gasteiger partial charge in [-0.25, -0.2) is 0 Å². The largest absolute Gasteiger partial charge is 0.435 e. The Morgan fingerprint density at radius 3 is 2.35 bits per heavy atom. The number of allylic oxidation sites excluding steroid dienone is 1. The molecule has 0 atom stereocenters. The Labute approximate surface area is 116 Å². The number of rotatable bonds is 3. The van der Waals surface area contributed by atoms with Crippen LogP contribution >= 0.6 is 0 Å². The third-order valence-corrected chi connectivity index (χ3v) is 3.70. The van der Waals surface area contributed by atoms with Crippen LogP contribution in [-0.2, 0) is 9.47 Å². The lowest BCUT2D eigenvalue weighted by atomic mass is 9.90. The topological polar surface area (TPSA) is 27.7 Å². The first-order valence-corrected chi connectivity index (χ1v) is 6.69. The second-order valence-corrected chi connectivity index (χ2v) is 4.94. The van der Waals surface area contributed by atoms with Gasteiger partial charge < -0.3 is 14.2 Å². The molecule has 1 saturated heterocycles. The van der Waals surface area contributed by atoms with E-state index in [-0.39, 0.29) is 5.75 Å². The van der Waals surface area contributed by atoms with Gasteiger partial charge in [-0.2, -0.15) is 8.78 Å². The molecule has 3 nitrogen and oxygen atoms in total. The smallest absolute Gasteiger partial charge is 0.387 e. The SMILES string of the molecule is FC(F)Oc1ccc(C2=CCC3(CC2)OCCO3)cc1. The Morgan fingerprint density at radius 1 is 1.10 bits per heavy atom. The summed E-state index contributed by atoms with van der Waals surface area (Å²) in [6.45, 7) is -1.47. The molecule has 0 saturated carbocycles. The Bertz CT molecular complexity index is 490. The van der Waals surface area contributed by atoms with E-state index in [1.54, 1.807) is 24.3 Å². The normalized spacial score (nSPS) is 21.2. The fourth-order valence-corrected chi connectivity index (χ4v) is 2.68. The second kappa shape index (κ2) is 5.50. The summed E-state index contributed by atoms with van der Waals surface area (Å²) in [6, 6.07) is 6.74. The predicted octanol–water partition coefficient (Wildman–Crippen LogP) is 3.60. The van der Waals surface area contributed by atoms with E-state index >= 15 is 0 Å². The van der Waals surface area contributed by atoms with Crippen LogP contribution in [0.4, 0.5) is 8.78 Å². The van der Waals surface area contributed by atoms with Crippen LogP contribution < -0.4 is 4.74 Å². The molecule has 0 aromatic heterocycles. The van der Waals surface area contributed by atoms with Crippen LogP contribution in [0.2, 0.25) is 0 Å². The van der Waals surface area contributed by atoms with E-state index in [1.165, 1.54) is 5.57 Å². The number of halogens is 2. The maximum atomic E-state index is 12.1. The highest BCUT2D eigenvalue weighted by molar-refractivity contribution is 5.67. The van der Waals surface area contributed by atoms with E-state index in [0.29, 0.717) is 13.2 Å². The van der Waals surface area contributed by atoms with Gasteiger partial charge in [0.05, 0.1) is 13.2 Å². The van der Waals surface area contributed by atoms with Crippen LogP contribution in [0.5, 0.6) is 5.75 Å². The van der Waals surface area contributed by atoms with Crippen LogP contribution in [0, 0.1) is 0 Å². The van der Waals surface area contributed by atoms with Crippen LogP contribution in [-0.4, -0.2) is 25.6 Å². The van der Waals surface area contributed by atoms with Crippen LogP contribution in [0.25, 0.3) is 5.57 Å². The minimum atomic E-state index is -2.79. The van der Waals surface area contributed by atoms with Crippen molar-refractivity contribution in [2.24, 2.45) is 0 Å². The molecule has 1 aliphatic carbocycles. The van der Waals surface area contributed by atoms with Gasteiger partial charge in [-0.15, -0.1) is 0 Å². The van der Waals surface area contributed by atoms with Crippen molar-refractivity contribution in [3.05, 3.63) is 35.9 Å². The highest BCUT2D eigenvalue weighted by Gasteiger charge is 2.37. The molecule has 2 aliphatic rings. The molecule has 3 rings (SSSR count). The molecule has 0 unspecified atom stereocenters. The second-order valence-electron chi connectivity index (χ2n) is 4.94. The molecule has 1 fully saturated rings. The molecule has 0 amide bonds. The Balaban J connectivity index is 1.69. The van der Waals surface area contributed by atoms with E-state index in [9.17, 15) is 8.78 Å². The van der Waals surface area contributed by atoms with Gasteiger partial charge in [-0.05, 0) is 29.7 Å². The number of ether oxygens (including phenoxy) is 3. The molecule has 0 N–H and O–H groups in total. The average Bonchev–Trinajstić information content (AvgIpc) is 2.89. The Morgan fingerprint density at radius 2 is 1.80 bits per heavy atom. The van der Waals surface area contributed by atoms with Gasteiger partial charge in [-0.1, -0.05) is 18.2 Å². The zero-order valence-electron chi connectivity index (χ0n) is 11.0. The van der Waals surface area contributed by atoms with Crippen molar-refractivity contribution in [2.75, 3.05) is 13.2 Å². The Kier molecular flexibility index (Phi) is 3.72. The lowest BCUT2D eigenvalue weighted by molar-refractivity contribution is -0.159.